The van der Waals surface area contributed by atoms with E-state index in [1.165, 1.54) is 12.1 Å². The highest BCUT2D eigenvalue weighted by Crippen LogP contribution is 2.51. The van der Waals surface area contributed by atoms with Crippen molar-refractivity contribution in [2.45, 2.75) is 30.7 Å². The quantitative estimate of drug-likeness (QED) is 0.895. The molecule has 1 fully saturated rings. The van der Waals surface area contributed by atoms with Crippen LogP contribution in [0.5, 0.6) is 0 Å². The van der Waals surface area contributed by atoms with Gasteiger partial charge in [0.1, 0.15) is 11.6 Å². The predicted octanol–water partition coefficient (Wildman–Crippen LogP) is 4.09. The summed E-state index contributed by atoms with van der Waals surface area (Å²) in [5.74, 6) is -1.14. The third kappa shape index (κ3) is 2.12. The van der Waals surface area contributed by atoms with Crippen LogP contribution in [-0.4, -0.2) is 0 Å². The number of hydrogen-bond donors (Lipinski definition) is 1. The fourth-order valence-electron chi connectivity index (χ4n) is 3.18. The molecular weight excluding hydrogens is 256 g/mol. The van der Waals surface area contributed by atoms with Crippen LogP contribution in [0.15, 0.2) is 48.5 Å². The Morgan fingerprint density at radius 2 is 1.55 bits per heavy atom. The van der Waals surface area contributed by atoms with Gasteiger partial charge in [0.15, 0.2) is 0 Å². The molecule has 1 aliphatic carbocycles. The SMILES string of the molecule is NC(c1cc(F)cc(F)c1)C1(c2ccccc2)CCC1. The molecular formula is C17H17F2N. The first-order valence-electron chi connectivity index (χ1n) is 6.89. The first-order chi connectivity index (χ1) is 9.62. The van der Waals surface area contributed by atoms with E-state index in [0.29, 0.717) is 5.56 Å². The van der Waals surface area contributed by atoms with Gasteiger partial charge in [0, 0.05) is 17.5 Å². The molecule has 3 heteroatoms. The molecule has 104 valence electrons. The Balaban J connectivity index is 2.01. The lowest BCUT2D eigenvalue weighted by Gasteiger charge is -2.47. The van der Waals surface area contributed by atoms with Gasteiger partial charge in [0.2, 0.25) is 0 Å². The number of benzene rings is 2. The molecule has 1 aliphatic rings. The molecule has 0 aromatic heterocycles. The first kappa shape index (κ1) is 13.3. The van der Waals surface area contributed by atoms with Gasteiger partial charge in [-0.3, -0.25) is 0 Å². The summed E-state index contributed by atoms with van der Waals surface area (Å²) in [4.78, 5) is 0. The van der Waals surface area contributed by atoms with E-state index in [-0.39, 0.29) is 11.5 Å². The van der Waals surface area contributed by atoms with Gasteiger partial charge in [-0.25, -0.2) is 8.78 Å². The molecule has 0 bridgehead atoms. The fraction of sp³-hybridized carbons (Fsp3) is 0.294. The number of nitrogens with two attached hydrogens (primary N) is 1. The van der Waals surface area contributed by atoms with Crippen molar-refractivity contribution >= 4 is 0 Å². The van der Waals surface area contributed by atoms with Crippen molar-refractivity contribution in [1.29, 1.82) is 0 Å². The summed E-state index contributed by atoms with van der Waals surface area (Å²) in [6.07, 6.45) is 3.01. The maximum absolute atomic E-state index is 13.4. The summed E-state index contributed by atoms with van der Waals surface area (Å²) < 4.78 is 26.8. The highest BCUT2D eigenvalue weighted by Gasteiger charge is 2.44. The topological polar surface area (TPSA) is 26.0 Å². The second-order valence-corrected chi connectivity index (χ2v) is 5.56. The predicted molar refractivity (Wildman–Crippen MR) is 75.3 cm³/mol. The van der Waals surface area contributed by atoms with Gasteiger partial charge in [0.05, 0.1) is 0 Å². The minimum absolute atomic E-state index is 0.193. The van der Waals surface area contributed by atoms with E-state index in [2.05, 4.69) is 12.1 Å². The van der Waals surface area contributed by atoms with Crippen LogP contribution in [0, 0.1) is 11.6 Å². The average Bonchev–Trinajstić information content (AvgIpc) is 2.37. The van der Waals surface area contributed by atoms with Crippen LogP contribution in [0.1, 0.15) is 36.4 Å². The summed E-state index contributed by atoms with van der Waals surface area (Å²) in [6.45, 7) is 0. The molecule has 0 heterocycles. The molecule has 0 radical (unpaired) electrons. The minimum atomic E-state index is -0.571. The molecule has 0 saturated heterocycles. The van der Waals surface area contributed by atoms with Crippen LogP contribution in [0.25, 0.3) is 0 Å². The highest BCUT2D eigenvalue weighted by atomic mass is 19.1. The summed E-state index contributed by atoms with van der Waals surface area (Å²) in [5, 5.41) is 0. The molecule has 20 heavy (non-hydrogen) atoms. The van der Waals surface area contributed by atoms with E-state index in [9.17, 15) is 8.78 Å². The van der Waals surface area contributed by atoms with E-state index in [4.69, 9.17) is 5.73 Å². The van der Waals surface area contributed by atoms with Gasteiger partial charge in [-0.05, 0) is 36.1 Å². The van der Waals surface area contributed by atoms with E-state index >= 15 is 0 Å². The molecule has 0 amide bonds. The van der Waals surface area contributed by atoms with E-state index in [1.807, 2.05) is 18.2 Å². The molecule has 0 spiro atoms. The largest absolute Gasteiger partial charge is 0.323 e. The summed E-state index contributed by atoms with van der Waals surface area (Å²) in [6, 6.07) is 13.2. The van der Waals surface area contributed by atoms with E-state index in [1.54, 1.807) is 0 Å². The lowest BCUT2D eigenvalue weighted by molar-refractivity contribution is 0.196. The average molecular weight is 273 g/mol. The minimum Gasteiger partial charge on any atom is -0.323 e. The van der Waals surface area contributed by atoms with Crippen molar-refractivity contribution in [3.63, 3.8) is 0 Å². The monoisotopic (exact) mass is 273 g/mol. The fourth-order valence-corrected chi connectivity index (χ4v) is 3.18. The zero-order valence-electron chi connectivity index (χ0n) is 11.2. The number of halogens is 2. The third-order valence-corrected chi connectivity index (χ3v) is 4.43. The molecule has 1 nitrogen and oxygen atoms in total. The number of hydrogen-bond acceptors (Lipinski definition) is 1. The van der Waals surface area contributed by atoms with Crippen LogP contribution in [0.4, 0.5) is 8.78 Å². The van der Waals surface area contributed by atoms with Gasteiger partial charge < -0.3 is 5.73 Å². The van der Waals surface area contributed by atoms with Crippen molar-refractivity contribution in [2.24, 2.45) is 5.73 Å². The smallest absolute Gasteiger partial charge is 0.126 e. The van der Waals surface area contributed by atoms with Gasteiger partial charge >= 0.3 is 0 Å². The van der Waals surface area contributed by atoms with Gasteiger partial charge in [-0.15, -0.1) is 0 Å². The standard InChI is InChI=1S/C17H17F2N/c18-14-9-12(10-15(19)11-14)16(20)17(7-4-8-17)13-5-2-1-3-6-13/h1-3,5-6,9-11,16H,4,7-8,20H2. The molecule has 1 saturated carbocycles. The Labute approximate surface area is 117 Å². The summed E-state index contributed by atoms with van der Waals surface area (Å²) in [5.41, 5.74) is 7.87. The molecule has 2 aromatic rings. The molecule has 1 unspecified atom stereocenters. The van der Waals surface area contributed by atoms with Gasteiger partial charge in [-0.1, -0.05) is 36.8 Å². The van der Waals surface area contributed by atoms with Crippen molar-refractivity contribution in [3.8, 4) is 0 Å². The molecule has 2 aromatic carbocycles. The zero-order chi connectivity index (χ0) is 14.2. The number of rotatable bonds is 3. The second-order valence-electron chi connectivity index (χ2n) is 5.56. The maximum atomic E-state index is 13.4. The Morgan fingerprint density at radius 3 is 2.05 bits per heavy atom. The Hall–Kier alpha value is -1.74. The van der Waals surface area contributed by atoms with Crippen molar-refractivity contribution in [1.82, 2.24) is 0 Å². The van der Waals surface area contributed by atoms with Crippen LogP contribution in [0.2, 0.25) is 0 Å². The maximum Gasteiger partial charge on any atom is 0.126 e. The molecule has 3 rings (SSSR count). The lowest BCUT2D eigenvalue weighted by Crippen LogP contribution is -2.44. The van der Waals surface area contributed by atoms with Crippen molar-refractivity contribution in [2.75, 3.05) is 0 Å². The lowest BCUT2D eigenvalue weighted by atomic mass is 9.59. The van der Waals surface area contributed by atoms with Crippen molar-refractivity contribution < 1.29 is 8.78 Å². The van der Waals surface area contributed by atoms with Gasteiger partial charge in [0.25, 0.3) is 0 Å². The van der Waals surface area contributed by atoms with Crippen LogP contribution >= 0.6 is 0 Å². The normalized spacial score (nSPS) is 18.4. The second kappa shape index (κ2) is 4.98. The Bertz CT molecular complexity index is 585. The third-order valence-electron chi connectivity index (χ3n) is 4.43. The van der Waals surface area contributed by atoms with E-state index < -0.39 is 11.6 Å². The van der Waals surface area contributed by atoms with Crippen molar-refractivity contribution in [3.05, 3.63) is 71.3 Å². The summed E-state index contributed by atoms with van der Waals surface area (Å²) in [7, 11) is 0. The Kier molecular flexibility index (Phi) is 3.30. The highest BCUT2D eigenvalue weighted by molar-refractivity contribution is 5.35. The summed E-state index contributed by atoms with van der Waals surface area (Å²) >= 11 is 0. The van der Waals surface area contributed by atoms with Crippen LogP contribution in [-0.2, 0) is 5.41 Å². The van der Waals surface area contributed by atoms with Crippen LogP contribution in [0.3, 0.4) is 0 Å². The molecule has 1 atom stereocenters. The Morgan fingerprint density at radius 1 is 0.950 bits per heavy atom. The van der Waals surface area contributed by atoms with E-state index in [0.717, 1.165) is 30.9 Å². The molecule has 0 aliphatic heterocycles. The van der Waals surface area contributed by atoms with Gasteiger partial charge in [-0.2, -0.15) is 0 Å². The first-order valence-corrected chi connectivity index (χ1v) is 6.89. The molecule has 2 N–H and O–H groups in total. The zero-order valence-corrected chi connectivity index (χ0v) is 11.2. The van der Waals surface area contributed by atoms with Crippen LogP contribution < -0.4 is 5.73 Å².